The summed E-state index contributed by atoms with van der Waals surface area (Å²) in [4.78, 5) is 22.5. The molecule has 0 amide bonds. The first-order valence-corrected chi connectivity index (χ1v) is 15.3. The van der Waals surface area contributed by atoms with Crippen LogP contribution in [0, 0.1) is 41.5 Å². The molecule has 0 aliphatic carbocycles. The van der Waals surface area contributed by atoms with E-state index in [1.165, 1.54) is 16.7 Å². The lowest BCUT2D eigenvalue weighted by Gasteiger charge is -2.31. The fraction of sp³-hybridized carbons (Fsp3) is 0.154. The van der Waals surface area contributed by atoms with Crippen molar-refractivity contribution in [2.75, 3.05) is 14.7 Å². The van der Waals surface area contributed by atoms with Gasteiger partial charge in [0.2, 0.25) is 0 Å². The first-order valence-electron chi connectivity index (χ1n) is 15.3. The van der Waals surface area contributed by atoms with E-state index in [-0.39, 0.29) is 0 Å². The lowest BCUT2D eigenvalue weighted by atomic mass is 10.1. The quantitative estimate of drug-likeness (QED) is 0.205. The number of pyridine rings is 3. The molecule has 1 aliphatic heterocycles. The van der Waals surface area contributed by atoms with E-state index in [1.807, 2.05) is 0 Å². The van der Waals surface area contributed by atoms with Crippen LogP contribution in [0.15, 0.2) is 109 Å². The van der Waals surface area contributed by atoms with Crippen molar-refractivity contribution in [1.29, 1.82) is 0 Å². The fourth-order valence-electron chi connectivity index (χ4n) is 5.81. The summed E-state index contributed by atoms with van der Waals surface area (Å²) in [5.41, 5.74) is 9.81. The number of anilines is 9. The molecule has 3 aromatic heterocycles. The Morgan fingerprint density at radius 2 is 0.489 bits per heavy atom. The van der Waals surface area contributed by atoms with E-state index >= 15 is 0 Å². The number of hydrogen-bond acceptors (Lipinski definition) is 6. The van der Waals surface area contributed by atoms with Crippen molar-refractivity contribution >= 4 is 52.0 Å². The van der Waals surface area contributed by atoms with E-state index in [4.69, 9.17) is 15.0 Å². The maximum Gasteiger partial charge on any atom is 0.141 e. The summed E-state index contributed by atoms with van der Waals surface area (Å²) < 4.78 is 0. The van der Waals surface area contributed by atoms with Gasteiger partial charge >= 0.3 is 0 Å². The topological polar surface area (TPSA) is 48.4 Å². The van der Waals surface area contributed by atoms with Gasteiger partial charge in [0.1, 0.15) is 34.9 Å². The third kappa shape index (κ3) is 5.51. The Morgan fingerprint density at radius 3 is 0.689 bits per heavy atom. The van der Waals surface area contributed by atoms with Crippen molar-refractivity contribution in [3.8, 4) is 0 Å². The normalized spacial score (nSPS) is 12.5. The molecule has 0 atom stereocenters. The van der Waals surface area contributed by atoms with Gasteiger partial charge in [0.25, 0.3) is 0 Å². The van der Waals surface area contributed by atoms with Gasteiger partial charge in [0, 0.05) is 17.1 Å². The van der Waals surface area contributed by atoms with Gasteiger partial charge in [0.15, 0.2) is 0 Å². The molecular weight excluding hydrogens is 552 g/mol. The Hall–Kier alpha value is -5.49. The highest BCUT2D eigenvalue weighted by atomic mass is 15.3. The molecule has 6 aromatic rings. The van der Waals surface area contributed by atoms with E-state index in [0.717, 1.165) is 68.7 Å². The monoisotopic (exact) mass is 588 g/mol. The van der Waals surface area contributed by atoms with Gasteiger partial charge in [-0.3, -0.25) is 14.7 Å². The maximum absolute atomic E-state index is 5.34. The highest BCUT2D eigenvalue weighted by molar-refractivity contribution is 5.82. The number of aryl methyl sites for hydroxylation is 6. The minimum absolute atomic E-state index is 0.783. The number of hydrogen-bond donors (Lipinski definition) is 0. The standard InChI is InChI=1S/C39H36N6/c1-25-7-13-31(14-8-25)43-34-19-28(4)21-36(40-34)44(32-15-9-26(2)10-16-32)38-23-30(6)24-39(42-38)45(33-17-11-27(3)12-18-33)37-22-29(5)20-35(43)41-37/h7-24H,1-6H3. The van der Waals surface area contributed by atoms with Crippen LogP contribution in [0.1, 0.15) is 33.4 Å². The van der Waals surface area contributed by atoms with Crippen LogP contribution in [0.5, 0.6) is 0 Å². The van der Waals surface area contributed by atoms with Crippen LogP contribution >= 0.6 is 0 Å². The van der Waals surface area contributed by atoms with Crippen molar-refractivity contribution in [3.05, 3.63) is 143 Å². The minimum Gasteiger partial charge on any atom is -0.279 e. The molecule has 6 nitrogen and oxygen atoms in total. The molecule has 1 aliphatic rings. The fourth-order valence-corrected chi connectivity index (χ4v) is 5.81. The number of benzene rings is 3. The van der Waals surface area contributed by atoms with Gasteiger partial charge in [-0.1, -0.05) is 53.1 Å². The number of aromatic nitrogens is 3. The maximum atomic E-state index is 5.34. The van der Waals surface area contributed by atoms with Crippen molar-refractivity contribution in [2.45, 2.75) is 41.5 Å². The van der Waals surface area contributed by atoms with Crippen LogP contribution in [-0.4, -0.2) is 15.0 Å². The highest BCUT2D eigenvalue weighted by Crippen LogP contribution is 2.42. The molecule has 0 saturated heterocycles. The van der Waals surface area contributed by atoms with E-state index in [9.17, 15) is 0 Å². The molecule has 7 rings (SSSR count). The Morgan fingerprint density at radius 1 is 0.289 bits per heavy atom. The van der Waals surface area contributed by atoms with E-state index < -0.39 is 0 Å². The summed E-state index contributed by atoms with van der Waals surface area (Å²) in [5.74, 6) is 4.70. The molecule has 6 heteroatoms. The summed E-state index contributed by atoms with van der Waals surface area (Å²) in [6.07, 6.45) is 0. The van der Waals surface area contributed by atoms with Gasteiger partial charge in [-0.2, -0.15) is 0 Å². The van der Waals surface area contributed by atoms with Crippen LogP contribution in [0.25, 0.3) is 0 Å². The molecule has 0 saturated carbocycles. The third-order valence-corrected chi connectivity index (χ3v) is 8.08. The summed E-state index contributed by atoms with van der Waals surface area (Å²) >= 11 is 0. The van der Waals surface area contributed by atoms with E-state index in [1.54, 1.807) is 0 Å². The van der Waals surface area contributed by atoms with Crippen LogP contribution < -0.4 is 14.7 Å². The molecule has 0 radical (unpaired) electrons. The van der Waals surface area contributed by atoms with Gasteiger partial charge in [-0.25, -0.2) is 15.0 Å². The molecule has 0 N–H and O–H groups in total. The molecule has 6 bridgehead atoms. The van der Waals surface area contributed by atoms with Crippen molar-refractivity contribution < 1.29 is 0 Å². The summed E-state index contributed by atoms with van der Waals surface area (Å²) in [5, 5.41) is 0. The smallest absolute Gasteiger partial charge is 0.141 e. The zero-order valence-corrected chi connectivity index (χ0v) is 26.6. The Bertz CT molecular complexity index is 1710. The van der Waals surface area contributed by atoms with Crippen LogP contribution in [0.2, 0.25) is 0 Å². The van der Waals surface area contributed by atoms with Gasteiger partial charge in [-0.15, -0.1) is 0 Å². The lowest BCUT2D eigenvalue weighted by Crippen LogP contribution is -2.21. The van der Waals surface area contributed by atoms with Crippen molar-refractivity contribution in [2.24, 2.45) is 0 Å². The number of fused-ring (bicyclic) bond motifs is 6. The second-order valence-electron chi connectivity index (χ2n) is 12.1. The molecular formula is C39H36N6. The second-order valence-corrected chi connectivity index (χ2v) is 12.1. The average Bonchev–Trinajstić information content (AvgIpc) is 3.00. The molecule has 3 aromatic carbocycles. The molecule has 4 heterocycles. The largest absolute Gasteiger partial charge is 0.279 e. The second kappa shape index (κ2) is 11.2. The van der Waals surface area contributed by atoms with E-state index in [2.05, 4.69) is 165 Å². The molecule has 0 unspecified atom stereocenters. The van der Waals surface area contributed by atoms with E-state index in [0.29, 0.717) is 0 Å². The van der Waals surface area contributed by atoms with Crippen molar-refractivity contribution in [3.63, 3.8) is 0 Å². The zero-order chi connectivity index (χ0) is 31.2. The first kappa shape index (κ1) is 28.3. The summed E-state index contributed by atoms with van der Waals surface area (Å²) in [7, 11) is 0. The molecule has 0 spiro atoms. The summed E-state index contributed by atoms with van der Waals surface area (Å²) in [6.45, 7) is 12.7. The Labute approximate surface area is 265 Å². The average molecular weight is 589 g/mol. The van der Waals surface area contributed by atoms with Crippen molar-refractivity contribution in [1.82, 2.24) is 15.0 Å². The van der Waals surface area contributed by atoms with Gasteiger partial charge < -0.3 is 0 Å². The van der Waals surface area contributed by atoms with Crippen LogP contribution in [-0.2, 0) is 0 Å². The van der Waals surface area contributed by atoms with Gasteiger partial charge in [0.05, 0.1) is 0 Å². The predicted molar refractivity (Wildman–Crippen MR) is 186 cm³/mol. The number of rotatable bonds is 3. The minimum atomic E-state index is 0.783. The van der Waals surface area contributed by atoms with Crippen LogP contribution in [0.3, 0.4) is 0 Å². The first-order chi connectivity index (χ1) is 21.7. The van der Waals surface area contributed by atoms with Crippen LogP contribution in [0.4, 0.5) is 52.0 Å². The third-order valence-electron chi connectivity index (χ3n) is 8.08. The van der Waals surface area contributed by atoms with Gasteiger partial charge in [-0.05, 0) is 131 Å². The SMILES string of the molecule is Cc1ccc(N2c3cc(C)cc(n3)N(c3ccc(C)cc3)c3cc(C)cc(n3)N(c3ccc(C)cc3)c3cc(C)cc2n3)cc1. The zero-order valence-electron chi connectivity index (χ0n) is 26.6. The molecule has 222 valence electrons. The number of nitrogens with zero attached hydrogens (tertiary/aromatic N) is 6. The molecule has 0 fully saturated rings. The molecule has 45 heavy (non-hydrogen) atoms. The summed E-state index contributed by atoms with van der Waals surface area (Å²) in [6, 6.07) is 38.4. The highest BCUT2D eigenvalue weighted by Gasteiger charge is 2.26. The predicted octanol–water partition coefficient (Wildman–Crippen LogP) is 10.4. The Kier molecular flexibility index (Phi) is 7.05. The lowest BCUT2D eigenvalue weighted by molar-refractivity contribution is 1.03. The Balaban J connectivity index is 1.59.